The van der Waals surface area contributed by atoms with Crippen LogP contribution < -0.4 is 46.1 Å². The van der Waals surface area contributed by atoms with E-state index in [1.807, 2.05) is 4.90 Å². The molecule has 34 heteroatoms. The van der Waals surface area contributed by atoms with Crippen LogP contribution in [0, 0.1) is 30.3 Å². The Hall–Kier alpha value is -6.19. The van der Waals surface area contributed by atoms with Gasteiger partial charge in [0.05, 0.1) is 14.8 Å². The third-order valence-corrected chi connectivity index (χ3v) is 13.3. The smallest absolute Gasteiger partial charge is 0.269 e. The predicted molar refractivity (Wildman–Crippen MR) is 283 cm³/mol. The van der Waals surface area contributed by atoms with Crippen molar-refractivity contribution in [3.8, 4) is 17.2 Å². The first kappa shape index (κ1) is 62.0. The lowest BCUT2D eigenvalue weighted by Crippen LogP contribution is -2.61. The van der Waals surface area contributed by atoms with Gasteiger partial charge < -0.3 is 106 Å². The Morgan fingerprint density at radius 3 is 0.886 bits per heavy atom. The fraction of sp³-hybridized carbons (Fsp3) is 0.533. The number of non-ortho nitro benzene ring substituents is 3. The number of thiocarbonyl (C=S) groups is 3. The Morgan fingerprint density at radius 2 is 0.658 bits per heavy atom. The summed E-state index contributed by atoms with van der Waals surface area (Å²) in [5.41, 5.74) is -0.612. The van der Waals surface area contributed by atoms with Crippen LogP contribution in [-0.4, -0.2) is 232 Å². The molecule has 434 valence electrons. The van der Waals surface area contributed by atoms with Crippen molar-refractivity contribution in [3.63, 3.8) is 0 Å². The van der Waals surface area contributed by atoms with Gasteiger partial charge in [-0.1, -0.05) is 0 Å². The summed E-state index contributed by atoms with van der Waals surface area (Å²) in [6.07, 6.45) is -22.7. The summed E-state index contributed by atoms with van der Waals surface area (Å²) in [5.74, 6) is 0.272. The maximum Gasteiger partial charge on any atom is 0.269 e. The van der Waals surface area contributed by atoms with Gasteiger partial charge in [-0.15, -0.1) is 0 Å². The van der Waals surface area contributed by atoms with E-state index in [9.17, 15) is 76.3 Å². The molecule has 15 N–H and O–H groups in total. The molecule has 0 unspecified atom stereocenters. The molecule has 3 aliphatic heterocycles. The molecule has 79 heavy (non-hydrogen) atoms. The molecule has 0 aromatic heterocycles. The zero-order valence-electron chi connectivity index (χ0n) is 41.4. The van der Waals surface area contributed by atoms with Crippen LogP contribution in [0.3, 0.4) is 0 Å². The summed E-state index contributed by atoms with van der Waals surface area (Å²) < 4.78 is 34.1. The van der Waals surface area contributed by atoms with Crippen molar-refractivity contribution in [1.29, 1.82) is 0 Å². The lowest BCUT2D eigenvalue weighted by atomic mass is 9.99. The Bertz CT molecular complexity index is 2250. The number of aliphatic hydroxyl groups excluding tert-OH is 9. The normalized spacial score (nSPS) is 28.6. The molecule has 3 saturated heterocycles. The summed E-state index contributed by atoms with van der Waals surface area (Å²) in [7, 11) is 0. The number of hydrogen-bond acceptors (Lipinski definition) is 25. The van der Waals surface area contributed by atoms with Gasteiger partial charge >= 0.3 is 0 Å². The minimum Gasteiger partial charge on any atom is -0.462 e. The quantitative estimate of drug-likeness (QED) is 0.0231. The molecule has 3 fully saturated rings. The summed E-state index contributed by atoms with van der Waals surface area (Å²) in [5, 5.41) is 147. The SMILES string of the molecule is O=[N+]([O-])c1ccc(O[C@H]2O[C@H](CNC(=S)NCCN(CCNC(=S)NC[C@H]3O[C@H](Oc4ccc([N+](=O)[O-])cc4)[C@@H](O)[C@@H](O)[C@@H]3O)CCNC(=S)NC[C@H]3O[C@H](Oc4ccc([N+](=O)[O-])cc4)[C@@H](O)[C@@H](O)[C@@H]3O)[C@@H](O)[C@H](O)[C@@H]2O)cc1. The first-order chi connectivity index (χ1) is 37.6. The van der Waals surface area contributed by atoms with Crippen LogP contribution in [0.15, 0.2) is 72.8 Å². The number of nitrogens with one attached hydrogen (secondary N) is 6. The standard InChI is InChI=1S/C45H60N10O21S3/c56-31-28(74-40(37(62)34(31)59)71-25-7-1-22(2-8-25)53(65)66)19-49-43(77)46-13-16-52(17-14-47-44(78)50-20-29-32(57)35(60)38(63)41(75-29)72-26-9-3-23(4-10-26)54(67)68)18-15-48-45(79)51-21-30-33(58)36(61)39(64)42(76-30)73-27-11-5-24(6-12-27)55(69)70/h1-12,28-42,56-64H,13-21H2,(H2,46,49,77)(H2,47,50,78)(H2,48,51,79)/t28-,29-,30-,31-,32-,33-,34+,35+,36+,37+,38+,39+,40+,41+,42+/m1/s1. The molecule has 31 nitrogen and oxygen atoms in total. The van der Waals surface area contributed by atoms with Crippen LogP contribution in [0.4, 0.5) is 17.1 Å². The van der Waals surface area contributed by atoms with Crippen LogP contribution in [0.25, 0.3) is 0 Å². The van der Waals surface area contributed by atoms with Gasteiger partial charge in [-0.2, -0.15) is 0 Å². The lowest BCUT2D eigenvalue weighted by Gasteiger charge is -2.40. The van der Waals surface area contributed by atoms with Crippen LogP contribution in [0.1, 0.15) is 0 Å². The Labute approximate surface area is 464 Å². The molecule has 0 bridgehead atoms. The Balaban J connectivity index is 0.993. The minimum atomic E-state index is -1.69. The Kier molecular flexibility index (Phi) is 23.0. The van der Waals surface area contributed by atoms with Crippen LogP contribution in [0.2, 0.25) is 0 Å². The maximum atomic E-state index is 11.0. The summed E-state index contributed by atoms with van der Waals surface area (Å²) in [6.45, 7) is 1.24. The highest BCUT2D eigenvalue weighted by molar-refractivity contribution is 7.80. The number of ether oxygens (including phenoxy) is 6. The topological polar surface area (TPSA) is 442 Å². The number of rotatable bonds is 24. The lowest BCUT2D eigenvalue weighted by molar-refractivity contribution is -0.385. The van der Waals surface area contributed by atoms with E-state index in [1.54, 1.807) is 0 Å². The molecule has 3 heterocycles. The molecule has 0 aliphatic carbocycles. The van der Waals surface area contributed by atoms with Gasteiger partial charge in [0.1, 0.15) is 90.5 Å². The average Bonchev–Trinajstić information content (AvgIpc) is 3.45. The molecular weight excluding hydrogens is 1110 g/mol. The molecule has 0 amide bonds. The molecule has 15 atom stereocenters. The highest BCUT2D eigenvalue weighted by Gasteiger charge is 2.47. The van der Waals surface area contributed by atoms with Crippen LogP contribution >= 0.6 is 36.7 Å². The molecular formula is C45H60N10O21S3. The van der Waals surface area contributed by atoms with E-state index in [-0.39, 0.29) is 88.9 Å². The largest absolute Gasteiger partial charge is 0.462 e. The van der Waals surface area contributed by atoms with Crippen molar-refractivity contribution in [1.82, 2.24) is 36.8 Å². The van der Waals surface area contributed by atoms with Crippen LogP contribution in [0.5, 0.6) is 17.2 Å². The van der Waals surface area contributed by atoms with Crippen molar-refractivity contribution in [2.24, 2.45) is 0 Å². The second-order valence-corrected chi connectivity index (χ2v) is 19.1. The van der Waals surface area contributed by atoms with E-state index >= 15 is 0 Å². The fourth-order valence-electron chi connectivity index (χ4n) is 7.97. The first-order valence-electron chi connectivity index (χ1n) is 24.2. The molecule has 3 aliphatic rings. The van der Waals surface area contributed by atoms with Crippen molar-refractivity contribution < 1.29 is 89.1 Å². The van der Waals surface area contributed by atoms with E-state index < -0.39 is 107 Å². The van der Waals surface area contributed by atoms with Gasteiger partial charge in [0.15, 0.2) is 15.3 Å². The summed E-state index contributed by atoms with van der Waals surface area (Å²) in [6, 6.07) is 14.8. The zero-order chi connectivity index (χ0) is 57.5. The number of nitro groups is 3. The number of nitro benzene ring substituents is 3. The van der Waals surface area contributed by atoms with Crippen molar-refractivity contribution in [2.75, 3.05) is 58.9 Å². The van der Waals surface area contributed by atoms with Gasteiger partial charge in [-0.25, -0.2) is 0 Å². The predicted octanol–water partition coefficient (Wildman–Crippen LogP) is -3.93. The van der Waals surface area contributed by atoms with Gasteiger partial charge in [0.25, 0.3) is 17.1 Å². The number of benzene rings is 3. The van der Waals surface area contributed by atoms with Crippen LogP contribution in [-0.2, 0) is 14.2 Å². The summed E-state index contributed by atoms with van der Waals surface area (Å²) in [4.78, 5) is 33.3. The fourth-order valence-corrected chi connectivity index (χ4v) is 8.53. The van der Waals surface area contributed by atoms with Gasteiger partial charge in [0.2, 0.25) is 18.9 Å². The molecule has 6 rings (SSSR count). The van der Waals surface area contributed by atoms with Gasteiger partial charge in [-0.05, 0) is 73.1 Å². The maximum absolute atomic E-state index is 11.0. The molecule has 0 spiro atoms. The molecule has 3 aromatic carbocycles. The second kappa shape index (κ2) is 29.3. The first-order valence-corrected chi connectivity index (χ1v) is 25.4. The highest BCUT2D eigenvalue weighted by Crippen LogP contribution is 2.29. The monoisotopic (exact) mass is 1170 g/mol. The molecule has 0 saturated carbocycles. The van der Waals surface area contributed by atoms with E-state index in [0.29, 0.717) is 19.6 Å². The third-order valence-electron chi connectivity index (χ3n) is 12.4. The highest BCUT2D eigenvalue weighted by atomic mass is 32.1. The van der Waals surface area contributed by atoms with Gasteiger partial charge in [-0.3, -0.25) is 35.2 Å². The van der Waals surface area contributed by atoms with E-state index in [0.717, 1.165) is 0 Å². The third kappa shape index (κ3) is 17.7. The van der Waals surface area contributed by atoms with Crippen molar-refractivity contribution in [3.05, 3.63) is 103 Å². The van der Waals surface area contributed by atoms with Crippen molar-refractivity contribution in [2.45, 2.75) is 92.1 Å². The minimum absolute atomic E-state index is 0.0908. The Morgan fingerprint density at radius 1 is 0.418 bits per heavy atom. The van der Waals surface area contributed by atoms with E-state index in [4.69, 9.17) is 65.1 Å². The molecule has 0 radical (unpaired) electrons. The van der Waals surface area contributed by atoms with E-state index in [2.05, 4.69) is 31.9 Å². The average molecular weight is 1170 g/mol. The van der Waals surface area contributed by atoms with Gasteiger partial charge in [0, 0.05) is 95.3 Å². The number of aliphatic hydroxyl groups is 9. The zero-order valence-corrected chi connectivity index (χ0v) is 43.8. The van der Waals surface area contributed by atoms with E-state index in [1.165, 1.54) is 72.8 Å². The number of hydrogen-bond donors (Lipinski definition) is 15. The molecule has 3 aromatic rings. The number of nitrogens with zero attached hydrogens (tertiary/aromatic N) is 4. The second-order valence-electron chi connectivity index (χ2n) is 17.9. The van der Waals surface area contributed by atoms with Crippen molar-refractivity contribution >= 4 is 69.1 Å². The summed E-state index contributed by atoms with van der Waals surface area (Å²) >= 11 is 16.4.